The van der Waals surface area contributed by atoms with Gasteiger partial charge >= 0.3 is 17.3 Å². The van der Waals surface area contributed by atoms with E-state index in [1.807, 2.05) is 0 Å². The van der Waals surface area contributed by atoms with Crippen LogP contribution in [-0.2, 0) is 27.3 Å². The summed E-state index contributed by atoms with van der Waals surface area (Å²) in [6, 6.07) is 6.26. The van der Waals surface area contributed by atoms with Crippen LogP contribution >= 0.6 is 0 Å². The summed E-state index contributed by atoms with van der Waals surface area (Å²) in [6.45, 7) is 0. The summed E-state index contributed by atoms with van der Waals surface area (Å²) < 4.78 is 27.7. The molecule has 1 rings (SSSR count). The first-order valence-corrected chi connectivity index (χ1v) is 5.10. The van der Waals surface area contributed by atoms with Gasteiger partial charge in [-0.15, -0.1) is 0 Å². The molecule has 0 spiro atoms. The van der Waals surface area contributed by atoms with Crippen LogP contribution in [0.1, 0.15) is 5.56 Å². The van der Waals surface area contributed by atoms with Crippen LogP contribution in [-0.4, -0.2) is 21.8 Å². The predicted octanol–water partition coefficient (Wildman–Crippen LogP) is 0.918. The van der Waals surface area contributed by atoms with Crippen LogP contribution in [0.5, 0.6) is 5.75 Å². The molecule has 1 atom stereocenters. The van der Waals surface area contributed by atoms with E-state index in [0.717, 1.165) is 5.56 Å². The van der Waals surface area contributed by atoms with E-state index in [1.54, 1.807) is 12.1 Å². The van der Waals surface area contributed by atoms with Crippen LogP contribution in [0.3, 0.4) is 0 Å². The zero-order chi connectivity index (χ0) is 11.3. The number of benzene rings is 1. The van der Waals surface area contributed by atoms with Gasteiger partial charge in [-0.05, 0) is 17.7 Å². The van der Waals surface area contributed by atoms with Crippen LogP contribution in [0.2, 0.25) is 0 Å². The van der Waals surface area contributed by atoms with E-state index >= 15 is 0 Å². The summed E-state index contributed by atoms with van der Waals surface area (Å²) in [6.07, 6.45) is 0.166. The molecule has 1 aromatic rings. The minimum Gasteiger partial charge on any atom is -0.469 e. The molecule has 0 bridgehead atoms. The lowest BCUT2D eigenvalue weighted by molar-refractivity contribution is -0.139. The van der Waals surface area contributed by atoms with Gasteiger partial charge in [-0.25, -0.2) is 0 Å². The molecule has 5 nitrogen and oxygen atoms in total. The van der Waals surface area contributed by atoms with Crippen LogP contribution in [0.15, 0.2) is 24.3 Å². The van der Waals surface area contributed by atoms with Crippen molar-refractivity contribution in [2.75, 3.05) is 7.11 Å². The molecule has 6 heteroatoms. The second-order valence-electron chi connectivity index (χ2n) is 2.70. The first-order chi connectivity index (χ1) is 7.11. The topological polar surface area (TPSA) is 72.8 Å². The fourth-order valence-electron chi connectivity index (χ4n) is 0.984. The van der Waals surface area contributed by atoms with Crippen molar-refractivity contribution in [1.82, 2.24) is 0 Å². The molecule has 1 N–H and O–H groups in total. The molecule has 0 saturated carbocycles. The van der Waals surface area contributed by atoms with Crippen LogP contribution < -0.4 is 4.18 Å². The molecule has 0 heterocycles. The highest BCUT2D eigenvalue weighted by Crippen LogP contribution is 2.13. The first-order valence-electron chi connectivity index (χ1n) is 4.07. The third kappa shape index (κ3) is 4.09. The molecule has 1 aromatic carbocycles. The van der Waals surface area contributed by atoms with Gasteiger partial charge in [0.2, 0.25) is 0 Å². The Morgan fingerprint density at radius 1 is 1.40 bits per heavy atom. The highest BCUT2D eigenvalue weighted by Gasteiger charge is 2.03. The van der Waals surface area contributed by atoms with Gasteiger partial charge in [-0.3, -0.25) is 9.35 Å². The number of hydrogen-bond donors (Lipinski definition) is 1. The van der Waals surface area contributed by atoms with Gasteiger partial charge < -0.3 is 8.92 Å². The van der Waals surface area contributed by atoms with Crippen LogP contribution in [0, 0.1) is 0 Å². The van der Waals surface area contributed by atoms with Crippen molar-refractivity contribution in [1.29, 1.82) is 0 Å². The molecule has 0 saturated heterocycles. The lowest BCUT2D eigenvalue weighted by atomic mass is 10.1. The summed E-state index contributed by atoms with van der Waals surface area (Å²) in [5, 5.41) is 0. The number of carbonyl (C=O) groups is 1. The molecule has 1 unspecified atom stereocenters. The SMILES string of the molecule is COC(=O)Cc1ccc(OS(=O)O)cc1. The molecule has 82 valence electrons. The van der Waals surface area contributed by atoms with Crippen molar-refractivity contribution < 1.29 is 22.5 Å². The third-order valence-corrected chi connectivity index (χ3v) is 2.00. The Kier molecular flexibility index (Phi) is 4.26. The van der Waals surface area contributed by atoms with E-state index in [-0.39, 0.29) is 18.1 Å². The number of rotatable bonds is 4. The average molecular weight is 230 g/mol. The first kappa shape index (κ1) is 11.7. The average Bonchev–Trinajstić information content (AvgIpc) is 2.20. The van der Waals surface area contributed by atoms with Gasteiger partial charge in [-0.2, -0.15) is 4.21 Å². The maximum absolute atomic E-state index is 10.9. The molecule has 0 fully saturated rings. The number of ether oxygens (including phenoxy) is 1. The van der Waals surface area contributed by atoms with E-state index in [1.165, 1.54) is 19.2 Å². The highest BCUT2D eigenvalue weighted by atomic mass is 32.2. The van der Waals surface area contributed by atoms with Gasteiger partial charge in [0, 0.05) is 0 Å². The van der Waals surface area contributed by atoms with Crippen LogP contribution in [0.25, 0.3) is 0 Å². The second kappa shape index (κ2) is 5.47. The van der Waals surface area contributed by atoms with Crippen molar-refractivity contribution in [2.45, 2.75) is 6.42 Å². The highest BCUT2D eigenvalue weighted by molar-refractivity contribution is 7.74. The zero-order valence-electron chi connectivity index (χ0n) is 8.00. The summed E-state index contributed by atoms with van der Waals surface area (Å²) in [5.41, 5.74) is 0.748. The number of esters is 1. The number of hydrogen-bond acceptors (Lipinski definition) is 4. The standard InChI is InChI=1S/C9H10O5S/c1-13-9(10)6-7-2-4-8(5-3-7)14-15(11)12/h2-5H,6H2,1H3,(H,11,12). The summed E-state index contributed by atoms with van der Waals surface area (Å²) in [7, 11) is 1.31. The monoisotopic (exact) mass is 230 g/mol. The Labute approximate surface area is 89.5 Å². The Balaban J connectivity index is 2.64. The predicted molar refractivity (Wildman–Crippen MR) is 53.6 cm³/mol. The Bertz CT molecular complexity index is 359. The summed E-state index contributed by atoms with van der Waals surface area (Å²) in [4.78, 5) is 10.9. The van der Waals surface area contributed by atoms with E-state index in [4.69, 9.17) is 4.55 Å². The fourth-order valence-corrected chi connectivity index (χ4v) is 1.26. The summed E-state index contributed by atoms with van der Waals surface area (Å²) >= 11 is -2.33. The van der Waals surface area contributed by atoms with Crippen molar-refractivity contribution in [3.05, 3.63) is 29.8 Å². The second-order valence-corrected chi connectivity index (χ2v) is 3.30. The van der Waals surface area contributed by atoms with E-state index in [2.05, 4.69) is 8.92 Å². The van der Waals surface area contributed by atoms with E-state index in [0.29, 0.717) is 0 Å². The normalized spacial score (nSPS) is 11.9. The largest absolute Gasteiger partial charge is 0.469 e. The zero-order valence-corrected chi connectivity index (χ0v) is 8.82. The van der Waals surface area contributed by atoms with Crippen LogP contribution in [0.4, 0.5) is 0 Å². The fraction of sp³-hybridized carbons (Fsp3) is 0.222. The van der Waals surface area contributed by atoms with Crippen molar-refractivity contribution in [2.24, 2.45) is 0 Å². The Hall–Kier alpha value is -1.40. The quantitative estimate of drug-likeness (QED) is 0.615. The Morgan fingerprint density at radius 2 is 2.00 bits per heavy atom. The van der Waals surface area contributed by atoms with E-state index in [9.17, 15) is 9.00 Å². The molecule has 0 amide bonds. The van der Waals surface area contributed by atoms with Crippen molar-refractivity contribution in [3.8, 4) is 5.75 Å². The van der Waals surface area contributed by atoms with Gasteiger partial charge in [0.25, 0.3) is 0 Å². The number of carbonyl (C=O) groups excluding carboxylic acids is 1. The lowest BCUT2D eigenvalue weighted by Gasteiger charge is -2.02. The Morgan fingerprint density at radius 3 is 2.47 bits per heavy atom. The molecule has 0 aliphatic carbocycles. The minimum absolute atomic E-state index is 0.166. The molecule has 15 heavy (non-hydrogen) atoms. The molecular formula is C9H10O5S. The van der Waals surface area contributed by atoms with Gasteiger partial charge in [0.1, 0.15) is 5.75 Å². The lowest BCUT2D eigenvalue weighted by Crippen LogP contribution is -2.04. The summed E-state index contributed by atoms with van der Waals surface area (Å²) in [5.74, 6) is -0.0705. The molecule has 0 radical (unpaired) electrons. The molecule has 0 aromatic heterocycles. The smallest absolute Gasteiger partial charge is 0.357 e. The van der Waals surface area contributed by atoms with Gasteiger partial charge in [0.15, 0.2) is 0 Å². The van der Waals surface area contributed by atoms with Crippen molar-refractivity contribution >= 4 is 17.3 Å². The third-order valence-electron chi connectivity index (χ3n) is 1.67. The van der Waals surface area contributed by atoms with E-state index < -0.39 is 11.4 Å². The maximum atomic E-state index is 10.9. The van der Waals surface area contributed by atoms with Crippen molar-refractivity contribution in [3.63, 3.8) is 0 Å². The maximum Gasteiger partial charge on any atom is 0.357 e. The van der Waals surface area contributed by atoms with Gasteiger partial charge in [0.05, 0.1) is 13.5 Å². The molecular weight excluding hydrogens is 220 g/mol. The molecule has 0 aliphatic rings. The minimum atomic E-state index is -2.33. The van der Waals surface area contributed by atoms with Gasteiger partial charge in [-0.1, -0.05) is 12.1 Å². The molecule has 0 aliphatic heterocycles. The number of methoxy groups -OCH3 is 1.